The maximum absolute atomic E-state index is 13.8. The van der Waals surface area contributed by atoms with Crippen LogP contribution >= 0.6 is 0 Å². The molecule has 5 heteroatoms. The van der Waals surface area contributed by atoms with Crippen molar-refractivity contribution in [3.63, 3.8) is 0 Å². The number of nitrogens with one attached hydrogen (secondary N) is 1. The van der Waals surface area contributed by atoms with Crippen molar-refractivity contribution in [1.82, 2.24) is 0 Å². The highest BCUT2D eigenvalue weighted by molar-refractivity contribution is 5.74. The molecule has 0 aliphatic rings. The first-order valence-electron chi connectivity index (χ1n) is 6.76. The predicted molar refractivity (Wildman–Crippen MR) is 81.0 cm³/mol. The lowest BCUT2D eigenvalue weighted by molar-refractivity contribution is 0.301. The fraction of sp³-hybridized carbons (Fsp3) is 0.250. The second-order valence-corrected chi connectivity index (χ2v) is 4.83. The van der Waals surface area contributed by atoms with E-state index in [1.54, 1.807) is 12.1 Å². The predicted octanol–water partition coefficient (Wildman–Crippen LogP) is 4.39. The minimum absolute atomic E-state index is 0.0987. The summed E-state index contributed by atoms with van der Waals surface area (Å²) in [5.41, 5.74) is 7.57. The third-order valence-electron chi connectivity index (χ3n) is 2.96. The van der Waals surface area contributed by atoms with Crippen molar-refractivity contribution < 1.29 is 13.5 Å². The Morgan fingerprint density at radius 3 is 2.57 bits per heavy atom. The molecule has 0 saturated carbocycles. The molecule has 3 N–H and O–H groups in total. The first-order chi connectivity index (χ1) is 10.0. The van der Waals surface area contributed by atoms with Crippen molar-refractivity contribution in [2.75, 3.05) is 17.7 Å². The van der Waals surface area contributed by atoms with Gasteiger partial charge in [0.05, 0.1) is 23.7 Å². The van der Waals surface area contributed by atoms with E-state index < -0.39 is 11.6 Å². The van der Waals surface area contributed by atoms with Crippen molar-refractivity contribution in [3.05, 3.63) is 47.5 Å². The van der Waals surface area contributed by atoms with Gasteiger partial charge in [0.1, 0.15) is 5.82 Å². The van der Waals surface area contributed by atoms with E-state index in [4.69, 9.17) is 10.5 Å². The summed E-state index contributed by atoms with van der Waals surface area (Å²) in [6, 6.07) is 7.31. The highest BCUT2D eigenvalue weighted by Gasteiger charge is 2.11. The van der Waals surface area contributed by atoms with Gasteiger partial charge in [-0.1, -0.05) is 13.0 Å². The quantitative estimate of drug-likeness (QED) is 0.804. The van der Waals surface area contributed by atoms with E-state index in [0.717, 1.165) is 12.0 Å². The van der Waals surface area contributed by atoms with Crippen molar-refractivity contribution in [1.29, 1.82) is 0 Å². The smallest absolute Gasteiger partial charge is 0.167 e. The van der Waals surface area contributed by atoms with E-state index >= 15 is 0 Å². The van der Waals surface area contributed by atoms with Crippen LogP contribution in [0.3, 0.4) is 0 Å². The standard InChI is InChI=1S/C16H18F2N2O/c1-3-6-21-16-9-15(13(19)8-12(16)18)20-14-7-10(2)4-5-11(14)17/h4-5,7-9,20H,3,6,19H2,1-2H3. The van der Waals surface area contributed by atoms with Crippen molar-refractivity contribution in [2.45, 2.75) is 20.3 Å². The van der Waals surface area contributed by atoms with Crippen LogP contribution in [-0.2, 0) is 0 Å². The van der Waals surface area contributed by atoms with Gasteiger partial charge in [-0.2, -0.15) is 0 Å². The number of halogens is 2. The topological polar surface area (TPSA) is 47.3 Å². The van der Waals surface area contributed by atoms with Crippen molar-refractivity contribution >= 4 is 17.1 Å². The van der Waals surface area contributed by atoms with Crippen LogP contribution in [0.5, 0.6) is 5.75 Å². The zero-order valence-corrected chi connectivity index (χ0v) is 12.0. The normalized spacial score (nSPS) is 10.5. The maximum atomic E-state index is 13.8. The Kier molecular flexibility index (Phi) is 4.62. The number of aryl methyl sites for hydroxylation is 1. The Morgan fingerprint density at radius 2 is 1.86 bits per heavy atom. The van der Waals surface area contributed by atoms with Gasteiger partial charge in [-0.15, -0.1) is 0 Å². The van der Waals surface area contributed by atoms with Crippen LogP contribution < -0.4 is 15.8 Å². The summed E-state index contributed by atoms with van der Waals surface area (Å²) in [7, 11) is 0. The number of rotatable bonds is 5. The molecule has 0 atom stereocenters. The number of benzene rings is 2. The molecule has 21 heavy (non-hydrogen) atoms. The summed E-state index contributed by atoms with van der Waals surface area (Å²) < 4.78 is 32.8. The van der Waals surface area contributed by atoms with E-state index in [1.165, 1.54) is 18.2 Å². The van der Waals surface area contributed by atoms with Crippen LogP contribution in [0.25, 0.3) is 0 Å². The molecule has 3 nitrogen and oxygen atoms in total. The third kappa shape index (κ3) is 3.62. The first kappa shape index (κ1) is 15.1. The molecule has 2 aromatic carbocycles. The molecule has 0 radical (unpaired) electrons. The molecule has 0 saturated heterocycles. The van der Waals surface area contributed by atoms with Crippen LogP contribution in [0.2, 0.25) is 0 Å². The van der Waals surface area contributed by atoms with Crippen molar-refractivity contribution in [3.8, 4) is 5.75 Å². The maximum Gasteiger partial charge on any atom is 0.167 e. The second-order valence-electron chi connectivity index (χ2n) is 4.83. The molecule has 0 heterocycles. The molecule has 0 unspecified atom stereocenters. The SMILES string of the molecule is CCCOc1cc(Nc2cc(C)ccc2F)c(N)cc1F. The molecule has 0 fully saturated rings. The van der Waals surface area contributed by atoms with Gasteiger partial charge in [-0.05, 0) is 31.0 Å². The van der Waals surface area contributed by atoms with Crippen LogP contribution in [-0.4, -0.2) is 6.61 Å². The molecule has 2 rings (SSSR count). The number of nitrogens with two attached hydrogens (primary N) is 1. The average molecular weight is 292 g/mol. The third-order valence-corrected chi connectivity index (χ3v) is 2.96. The number of ether oxygens (including phenoxy) is 1. The summed E-state index contributed by atoms with van der Waals surface area (Å²) in [6.07, 6.45) is 0.763. The lowest BCUT2D eigenvalue weighted by Crippen LogP contribution is -2.03. The zero-order chi connectivity index (χ0) is 15.4. The molecule has 0 aliphatic carbocycles. The minimum atomic E-state index is -0.531. The molecule has 0 amide bonds. The summed E-state index contributed by atoms with van der Waals surface area (Å²) in [6.45, 7) is 4.18. The molecular weight excluding hydrogens is 274 g/mol. The van der Waals surface area contributed by atoms with Gasteiger partial charge in [0.2, 0.25) is 0 Å². The number of hydrogen-bond acceptors (Lipinski definition) is 3. The van der Waals surface area contributed by atoms with E-state index in [9.17, 15) is 8.78 Å². The fourth-order valence-corrected chi connectivity index (χ4v) is 1.88. The molecule has 112 valence electrons. The van der Waals surface area contributed by atoms with Crippen LogP contribution in [0.4, 0.5) is 25.8 Å². The minimum Gasteiger partial charge on any atom is -0.490 e. The number of anilines is 3. The lowest BCUT2D eigenvalue weighted by Gasteiger charge is -2.14. The fourth-order valence-electron chi connectivity index (χ4n) is 1.88. The number of hydrogen-bond donors (Lipinski definition) is 2. The molecular formula is C16H18F2N2O. The Morgan fingerprint density at radius 1 is 1.10 bits per heavy atom. The molecule has 0 spiro atoms. The van der Waals surface area contributed by atoms with Crippen LogP contribution in [0, 0.1) is 18.6 Å². The van der Waals surface area contributed by atoms with Gasteiger partial charge in [0.25, 0.3) is 0 Å². The summed E-state index contributed by atoms with van der Waals surface area (Å²) in [5.74, 6) is -0.835. The van der Waals surface area contributed by atoms with E-state index in [1.807, 2.05) is 13.8 Å². The Hall–Kier alpha value is -2.30. The monoisotopic (exact) mass is 292 g/mol. The van der Waals surface area contributed by atoms with E-state index in [0.29, 0.717) is 12.3 Å². The largest absolute Gasteiger partial charge is 0.490 e. The highest BCUT2D eigenvalue weighted by Crippen LogP contribution is 2.31. The van der Waals surface area contributed by atoms with Gasteiger partial charge in [0, 0.05) is 12.1 Å². The van der Waals surface area contributed by atoms with Crippen LogP contribution in [0.15, 0.2) is 30.3 Å². The molecule has 0 bridgehead atoms. The highest BCUT2D eigenvalue weighted by atomic mass is 19.1. The summed E-state index contributed by atoms with van der Waals surface area (Å²) in [4.78, 5) is 0. The Balaban J connectivity index is 2.32. The average Bonchev–Trinajstić information content (AvgIpc) is 2.44. The van der Waals surface area contributed by atoms with Crippen molar-refractivity contribution in [2.24, 2.45) is 0 Å². The van der Waals surface area contributed by atoms with Gasteiger partial charge in [-0.3, -0.25) is 0 Å². The van der Waals surface area contributed by atoms with Gasteiger partial charge in [-0.25, -0.2) is 8.78 Å². The van der Waals surface area contributed by atoms with Gasteiger partial charge < -0.3 is 15.8 Å². The second kappa shape index (κ2) is 6.43. The summed E-state index contributed by atoms with van der Waals surface area (Å²) in [5, 5.41) is 2.88. The lowest BCUT2D eigenvalue weighted by atomic mass is 10.2. The zero-order valence-electron chi connectivity index (χ0n) is 12.0. The molecule has 2 aromatic rings. The molecule has 0 aliphatic heterocycles. The summed E-state index contributed by atoms with van der Waals surface area (Å²) >= 11 is 0. The number of nitrogen functional groups attached to an aromatic ring is 1. The Bertz CT molecular complexity index is 644. The van der Waals surface area contributed by atoms with Gasteiger partial charge >= 0.3 is 0 Å². The molecule has 0 aromatic heterocycles. The first-order valence-corrected chi connectivity index (χ1v) is 6.76. The van der Waals surface area contributed by atoms with E-state index in [-0.39, 0.29) is 17.1 Å². The van der Waals surface area contributed by atoms with Crippen LogP contribution in [0.1, 0.15) is 18.9 Å². The van der Waals surface area contributed by atoms with E-state index in [2.05, 4.69) is 5.32 Å². The van der Waals surface area contributed by atoms with Gasteiger partial charge in [0.15, 0.2) is 11.6 Å². The Labute approximate surface area is 122 Å².